The lowest BCUT2D eigenvalue weighted by Crippen LogP contribution is -2.16. The van der Waals surface area contributed by atoms with Crippen LogP contribution in [0.15, 0.2) is 30.5 Å². The fraction of sp³-hybridized carbons (Fsp3) is 0.375. The maximum absolute atomic E-state index is 4.75. The van der Waals surface area contributed by atoms with E-state index in [-0.39, 0.29) is 0 Å². The lowest BCUT2D eigenvalue weighted by Gasteiger charge is -2.08. The van der Waals surface area contributed by atoms with E-state index >= 15 is 0 Å². The van der Waals surface area contributed by atoms with Crippen LogP contribution in [0.2, 0.25) is 0 Å². The summed E-state index contributed by atoms with van der Waals surface area (Å²) < 4.78 is 2.31. The average molecular weight is 300 g/mol. The van der Waals surface area contributed by atoms with Crippen molar-refractivity contribution in [3.8, 4) is 0 Å². The van der Waals surface area contributed by atoms with Crippen molar-refractivity contribution in [1.29, 1.82) is 0 Å². The molecule has 1 aromatic carbocycles. The van der Waals surface area contributed by atoms with E-state index < -0.39 is 0 Å². The first-order valence-electron chi connectivity index (χ1n) is 7.34. The lowest BCUT2D eigenvalue weighted by atomic mass is 10.3. The van der Waals surface area contributed by atoms with E-state index in [0.717, 1.165) is 42.4 Å². The first kappa shape index (κ1) is 14.2. The minimum absolute atomic E-state index is 0.771. The molecule has 0 saturated heterocycles. The van der Waals surface area contributed by atoms with Crippen LogP contribution in [0.3, 0.4) is 0 Å². The Morgan fingerprint density at radius 3 is 2.86 bits per heavy atom. The number of fused-ring (bicyclic) bond motifs is 1. The molecular formula is C16H20N4S. The third-order valence-electron chi connectivity index (χ3n) is 3.41. The molecule has 0 amide bonds. The second-order valence-corrected chi connectivity index (χ2v) is 6.46. The van der Waals surface area contributed by atoms with Crippen LogP contribution in [0.5, 0.6) is 0 Å². The molecule has 3 rings (SSSR count). The molecule has 21 heavy (non-hydrogen) atoms. The molecule has 0 fully saturated rings. The van der Waals surface area contributed by atoms with E-state index in [9.17, 15) is 0 Å². The second kappa shape index (κ2) is 6.37. The third kappa shape index (κ3) is 3.14. The standard InChI is InChI=1S/C16H20N4S/c1-3-8-20-14-7-5-4-6-13(14)19-15(20)10-17-11-16-18-9-12(2)21-16/h4-7,9,17H,3,8,10-11H2,1-2H3. The quantitative estimate of drug-likeness (QED) is 0.757. The predicted octanol–water partition coefficient (Wildman–Crippen LogP) is 3.50. The van der Waals surface area contributed by atoms with Crippen LogP contribution in [0.1, 0.15) is 29.1 Å². The number of imidazole rings is 1. The number of aromatic nitrogens is 3. The fourth-order valence-corrected chi connectivity index (χ4v) is 3.25. The molecule has 0 atom stereocenters. The average Bonchev–Trinajstić information content (AvgIpc) is 3.04. The van der Waals surface area contributed by atoms with Gasteiger partial charge < -0.3 is 9.88 Å². The maximum Gasteiger partial charge on any atom is 0.123 e. The number of aryl methyl sites for hydroxylation is 2. The van der Waals surface area contributed by atoms with E-state index in [2.05, 4.69) is 46.9 Å². The van der Waals surface area contributed by atoms with Gasteiger partial charge in [0.2, 0.25) is 0 Å². The van der Waals surface area contributed by atoms with Crippen molar-refractivity contribution in [3.05, 3.63) is 46.2 Å². The first-order valence-corrected chi connectivity index (χ1v) is 8.15. The highest BCUT2D eigenvalue weighted by Crippen LogP contribution is 2.17. The molecule has 0 aliphatic carbocycles. The van der Waals surface area contributed by atoms with Gasteiger partial charge in [-0.25, -0.2) is 9.97 Å². The van der Waals surface area contributed by atoms with Crippen molar-refractivity contribution >= 4 is 22.4 Å². The third-order valence-corrected chi connectivity index (χ3v) is 4.32. The molecule has 0 saturated carbocycles. The summed E-state index contributed by atoms with van der Waals surface area (Å²) in [5.74, 6) is 1.10. The molecule has 0 unspecified atom stereocenters. The smallest absolute Gasteiger partial charge is 0.123 e. The summed E-state index contributed by atoms with van der Waals surface area (Å²) in [6, 6.07) is 8.34. The Kier molecular flexibility index (Phi) is 4.31. The van der Waals surface area contributed by atoms with Crippen LogP contribution in [0.4, 0.5) is 0 Å². The number of nitrogens with zero attached hydrogens (tertiary/aromatic N) is 3. The molecule has 0 aliphatic rings. The summed E-state index contributed by atoms with van der Waals surface area (Å²) in [4.78, 5) is 10.4. The Balaban J connectivity index is 1.74. The van der Waals surface area contributed by atoms with Crippen molar-refractivity contribution in [2.45, 2.75) is 39.9 Å². The number of rotatable bonds is 6. The highest BCUT2D eigenvalue weighted by Gasteiger charge is 2.09. The van der Waals surface area contributed by atoms with Crippen molar-refractivity contribution in [2.75, 3.05) is 0 Å². The normalized spacial score (nSPS) is 11.3. The van der Waals surface area contributed by atoms with Gasteiger partial charge in [0.15, 0.2) is 0 Å². The molecule has 0 radical (unpaired) electrons. The SMILES string of the molecule is CCCn1c(CNCc2ncc(C)s2)nc2ccccc21. The van der Waals surface area contributed by atoms with Gasteiger partial charge in [-0.1, -0.05) is 19.1 Å². The maximum atomic E-state index is 4.75. The predicted molar refractivity (Wildman–Crippen MR) is 87.4 cm³/mol. The highest BCUT2D eigenvalue weighted by atomic mass is 32.1. The molecular weight excluding hydrogens is 280 g/mol. The zero-order chi connectivity index (χ0) is 14.7. The van der Waals surface area contributed by atoms with Gasteiger partial charge in [-0.3, -0.25) is 0 Å². The van der Waals surface area contributed by atoms with Crippen LogP contribution in [0.25, 0.3) is 11.0 Å². The number of hydrogen-bond donors (Lipinski definition) is 1. The summed E-state index contributed by atoms with van der Waals surface area (Å²) in [6.45, 7) is 6.86. The zero-order valence-electron chi connectivity index (χ0n) is 12.5. The largest absolute Gasteiger partial charge is 0.327 e. The van der Waals surface area contributed by atoms with Gasteiger partial charge in [-0.15, -0.1) is 11.3 Å². The summed E-state index contributed by atoms with van der Waals surface area (Å²) in [7, 11) is 0. The zero-order valence-corrected chi connectivity index (χ0v) is 13.3. The number of para-hydroxylation sites is 2. The van der Waals surface area contributed by atoms with E-state index in [1.54, 1.807) is 11.3 Å². The monoisotopic (exact) mass is 300 g/mol. The summed E-state index contributed by atoms with van der Waals surface area (Å²) in [6.07, 6.45) is 3.03. The molecule has 3 aromatic rings. The minimum atomic E-state index is 0.771. The highest BCUT2D eigenvalue weighted by molar-refractivity contribution is 7.11. The number of hydrogen-bond acceptors (Lipinski definition) is 4. The van der Waals surface area contributed by atoms with Gasteiger partial charge in [0.05, 0.1) is 17.6 Å². The van der Waals surface area contributed by atoms with Crippen LogP contribution in [-0.4, -0.2) is 14.5 Å². The van der Waals surface area contributed by atoms with Crippen molar-refractivity contribution in [2.24, 2.45) is 0 Å². The molecule has 0 aliphatic heterocycles. The molecule has 1 N–H and O–H groups in total. The fourth-order valence-electron chi connectivity index (χ4n) is 2.50. The number of nitrogens with one attached hydrogen (secondary N) is 1. The van der Waals surface area contributed by atoms with Crippen LogP contribution < -0.4 is 5.32 Å². The molecule has 110 valence electrons. The van der Waals surface area contributed by atoms with E-state index in [4.69, 9.17) is 4.98 Å². The Morgan fingerprint density at radius 2 is 2.10 bits per heavy atom. The molecule has 5 heteroatoms. The van der Waals surface area contributed by atoms with Crippen LogP contribution in [-0.2, 0) is 19.6 Å². The molecule has 2 heterocycles. The Labute approximate surface area is 128 Å². The molecule has 2 aromatic heterocycles. The molecule has 4 nitrogen and oxygen atoms in total. The molecule has 0 spiro atoms. The first-order chi connectivity index (χ1) is 10.3. The lowest BCUT2D eigenvalue weighted by molar-refractivity contribution is 0.597. The van der Waals surface area contributed by atoms with Gasteiger partial charge >= 0.3 is 0 Å². The summed E-state index contributed by atoms with van der Waals surface area (Å²) in [5.41, 5.74) is 2.30. The van der Waals surface area contributed by atoms with Crippen LogP contribution in [0, 0.1) is 6.92 Å². The Morgan fingerprint density at radius 1 is 1.24 bits per heavy atom. The number of benzene rings is 1. The topological polar surface area (TPSA) is 42.7 Å². The van der Waals surface area contributed by atoms with Gasteiger partial charge in [0, 0.05) is 24.2 Å². The van der Waals surface area contributed by atoms with Gasteiger partial charge in [-0.05, 0) is 25.5 Å². The summed E-state index contributed by atoms with van der Waals surface area (Å²) >= 11 is 1.74. The Hall–Kier alpha value is -1.72. The Bertz CT molecular complexity index is 729. The van der Waals surface area contributed by atoms with E-state index in [1.807, 2.05) is 12.3 Å². The molecule has 0 bridgehead atoms. The van der Waals surface area contributed by atoms with Gasteiger partial charge in [-0.2, -0.15) is 0 Å². The minimum Gasteiger partial charge on any atom is -0.327 e. The van der Waals surface area contributed by atoms with Gasteiger partial charge in [0.1, 0.15) is 10.8 Å². The summed E-state index contributed by atoms with van der Waals surface area (Å²) in [5, 5.41) is 4.59. The van der Waals surface area contributed by atoms with E-state index in [1.165, 1.54) is 10.4 Å². The van der Waals surface area contributed by atoms with Crippen LogP contribution >= 0.6 is 11.3 Å². The second-order valence-electron chi connectivity index (χ2n) is 5.14. The van der Waals surface area contributed by atoms with Crippen molar-refractivity contribution in [3.63, 3.8) is 0 Å². The van der Waals surface area contributed by atoms with Crippen molar-refractivity contribution in [1.82, 2.24) is 19.9 Å². The van der Waals surface area contributed by atoms with E-state index in [0.29, 0.717) is 0 Å². The number of thiazole rings is 1. The van der Waals surface area contributed by atoms with Gasteiger partial charge in [0.25, 0.3) is 0 Å². The van der Waals surface area contributed by atoms with Crippen molar-refractivity contribution < 1.29 is 0 Å².